The van der Waals surface area contributed by atoms with Crippen LogP contribution in [0.5, 0.6) is 0 Å². The molecule has 8 heteroatoms. The van der Waals surface area contributed by atoms with Gasteiger partial charge in [0.15, 0.2) is 5.65 Å². The molecule has 31 heavy (non-hydrogen) atoms. The highest BCUT2D eigenvalue weighted by Crippen LogP contribution is 2.33. The number of aromatic amines is 1. The maximum atomic E-state index is 13.2. The van der Waals surface area contributed by atoms with Crippen LogP contribution < -0.4 is 5.56 Å². The minimum absolute atomic E-state index is 0.113. The highest BCUT2D eigenvalue weighted by molar-refractivity contribution is 5.82. The van der Waals surface area contributed by atoms with Gasteiger partial charge in [0.05, 0.1) is 17.8 Å². The molecule has 2 aliphatic heterocycles. The van der Waals surface area contributed by atoms with E-state index in [2.05, 4.69) is 5.10 Å². The third-order valence-electron chi connectivity index (χ3n) is 6.81. The standard InChI is InChI=1S/C23H31N5O3/c1-23(2,3)22(31)27-9-4-5-15(12-27)18-11-19-24-17-8-10-26(20(29)14-6-7-14)13-16(17)21(30)28(19)25-18/h11,14-15,25H,4-10,12-13H2,1-3H3. The number of amides is 2. The van der Waals surface area contributed by atoms with E-state index in [4.69, 9.17) is 4.98 Å². The van der Waals surface area contributed by atoms with Crippen molar-refractivity contribution in [1.82, 2.24) is 24.4 Å². The van der Waals surface area contributed by atoms with E-state index in [-0.39, 0.29) is 29.2 Å². The number of hydrogen-bond donors (Lipinski definition) is 1. The van der Waals surface area contributed by atoms with Crippen molar-refractivity contribution in [1.29, 1.82) is 0 Å². The molecule has 5 rings (SSSR count). The Kier molecular flexibility index (Phi) is 4.71. The van der Waals surface area contributed by atoms with Crippen molar-refractivity contribution in [2.75, 3.05) is 19.6 Å². The summed E-state index contributed by atoms with van der Waals surface area (Å²) < 4.78 is 1.52. The van der Waals surface area contributed by atoms with Crippen molar-refractivity contribution in [2.45, 2.75) is 65.3 Å². The van der Waals surface area contributed by atoms with Gasteiger partial charge in [-0.1, -0.05) is 20.8 Å². The summed E-state index contributed by atoms with van der Waals surface area (Å²) >= 11 is 0. The molecule has 1 aliphatic carbocycles. The molecular weight excluding hydrogens is 394 g/mol. The molecule has 0 radical (unpaired) electrons. The quantitative estimate of drug-likeness (QED) is 0.798. The van der Waals surface area contributed by atoms with Crippen molar-refractivity contribution < 1.29 is 9.59 Å². The van der Waals surface area contributed by atoms with Gasteiger partial charge in [0.25, 0.3) is 5.56 Å². The Bertz CT molecular complexity index is 1100. The summed E-state index contributed by atoms with van der Waals surface area (Å²) in [5.41, 5.74) is 2.49. The predicted molar refractivity (Wildman–Crippen MR) is 116 cm³/mol. The number of H-pyrrole nitrogens is 1. The van der Waals surface area contributed by atoms with E-state index in [0.29, 0.717) is 37.3 Å². The second-order valence-corrected chi connectivity index (χ2v) is 10.4. The number of fused-ring (bicyclic) bond motifs is 2. The van der Waals surface area contributed by atoms with Gasteiger partial charge in [-0.15, -0.1) is 0 Å². The molecule has 0 bridgehead atoms. The largest absolute Gasteiger partial charge is 0.342 e. The minimum atomic E-state index is -0.399. The van der Waals surface area contributed by atoms with E-state index in [1.54, 1.807) is 0 Å². The molecule has 1 saturated heterocycles. The second-order valence-electron chi connectivity index (χ2n) is 10.4. The number of rotatable bonds is 2. The number of hydrogen-bond acceptors (Lipinski definition) is 4. The van der Waals surface area contributed by atoms with Gasteiger partial charge >= 0.3 is 0 Å². The van der Waals surface area contributed by atoms with Crippen LogP contribution in [0, 0.1) is 11.3 Å². The van der Waals surface area contributed by atoms with Crippen LogP contribution in [0.2, 0.25) is 0 Å². The molecule has 1 saturated carbocycles. The third kappa shape index (κ3) is 3.66. The Morgan fingerprint density at radius 3 is 2.61 bits per heavy atom. The molecule has 2 aromatic heterocycles. The van der Waals surface area contributed by atoms with Gasteiger partial charge in [-0.25, -0.2) is 9.50 Å². The molecule has 2 aromatic rings. The molecule has 1 unspecified atom stereocenters. The molecule has 166 valence electrons. The smallest absolute Gasteiger partial charge is 0.277 e. The first-order valence-corrected chi connectivity index (χ1v) is 11.4. The Hall–Kier alpha value is -2.64. The highest BCUT2D eigenvalue weighted by Gasteiger charge is 2.36. The van der Waals surface area contributed by atoms with Gasteiger partial charge < -0.3 is 9.80 Å². The molecule has 1 atom stereocenters. The molecule has 2 fully saturated rings. The second kappa shape index (κ2) is 7.21. The van der Waals surface area contributed by atoms with Crippen LogP contribution in [0.3, 0.4) is 0 Å². The Labute approximate surface area is 181 Å². The lowest BCUT2D eigenvalue weighted by atomic mass is 9.90. The fraction of sp³-hybridized carbons (Fsp3) is 0.652. The van der Waals surface area contributed by atoms with Crippen LogP contribution in [0.15, 0.2) is 10.9 Å². The first-order chi connectivity index (χ1) is 14.7. The lowest BCUT2D eigenvalue weighted by Gasteiger charge is -2.36. The summed E-state index contributed by atoms with van der Waals surface area (Å²) in [4.78, 5) is 47.0. The van der Waals surface area contributed by atoms with Gasteiger partial charge in [0.2, 0.25) is 11.8 Å². The van der Waals surface area contributed by atoms with E-state index in [1.165, 1.54) is 4.52 Å². The molecule has 1 N–H and O–H groups in total. The van der Waals surface area contributed by atoms with E-state index >= 15 is 0 Å². The van der Waals surface area contributed by atoms with Gasteiger partial charge in [0, 0.05) is 55.1 Å². The van der Waals surface area contributed by atoms with Gasteiger partial charge in [-0.2, -0.15) is 0 Å². The summed E-state index contributed by atoms with van der Waals surface area (Å²) in [6, 6.07) is 1.96. The van der Waals surface area contributed by atoms with Crippen LogP contribution in [-0.4, -0.2) is 55.8 Å². The zero-order valence-corrected chi connectivity index (χ0v) is 18.6. The highest BCUT2D eigenvalue weighted by atomic mass is 16.2. The molecular formula is C23H31N5O3. The Morgan fingerprint density at radius 2 is 1.90 bits per heavy atom. The van der Waals surface area contributed by atoms with E-state index in [0.717, 1.165) is 43.6 Å². The van der Waals surface area contributed by atoms with E-state index in [9.17, 15) is 14.4 Å². The van der Waals surface area contributed by atoms with Crippen molar-refractivity contribution in [3.8, 4) is 0 Å². The number of nitrogens with one attached hydrogen (secondary N) is 1. The van der Waals surface area contributed by atoms with Gasteiger partial charge in [-0.3, -0.25) is 19.5 Å². The van der Waals surface area contributed by atoms with Gasteiger partial charge in [0.1, 0.15) is 0 Å². The first-order valence-electron chi connectivity index (χ1n) is 11.4. The minimum Gasteiger partial charge on any atom is -0.342 e. The SMILES string of the molecule is CC(C)(C)C(=O)N1CCCC(c2cc3nc4c(c(=O)n3[nH]2)CN(C(=O)C2CC2)CC4)C1. The summed E-state index contributed by atoms with van der Waals surface area (Å²) in [6.45, 7) is 8.28. The Morgan fingerprint density at radius 1 is 1.13 bits per heavy atom. The maximum absolute atomic E-state index is 13.2. The molecule has 2 amide bonds. The average Bonchev–Trinajstić information content (AvgIpc) is 3.51. The fourth-order valence-electron chi connectivity index (χ4n) is 4.88. The Balaban J connectivity index is 1.42. The number of nitrogens with zero attached hydrogens (tertiary/aromatic N) is 4. The topological polar surface area (TPSA) is 90.8 Å². The van der Waals surface area contributed by atoms with Crippen LogP contribution >= 0.6 is 0 Å². The van der Waals surface area contributed by atoms with Crippen LogP contribution in [-0.2, 0) is 22.6 Å². The summed E-state index contributed by atoms with van der Waals surface area (Å²) in [5, 5.41) is 3.26. The summed E-state index contributed by atoms with van der Waals surface area (Å²) in [6.07, 6.45) is 4.47. The molecule has 3 aliphatic rings. The molecule has 8 nitrogen and oxygen atoms in total. The predicted octanol–water partition coefficient (Wildman–Crippen LogP) is 2.07. The van der Waals surface area contributed by atoms with Crippen LogP contribution in [0.1, 0.15) is 69.3 Å². The summed E-state index contributed by atoms with van der Waals surface area (Å²) in [7, 11) is 0. The van der Waals surface area contributed by atoms with E-state index < -0.39 is 5.41 Å². The summed E-state index contributed by atoms with van der Waals surface area (Å²) in [5.74, 6) is 0.655. The van der Waals surface area contributed by atoms with Gasteiger partial charge in [-0.05, 0) is 25.7 Å². The number of likely N-dealkylation sites (tertiary alicyclic amines) is 1. The molecule has 0 aromatic carbocycles. The van der Waals surface area contributed by atoms with Crippen molar-refractivity contribution >= 4 is 17.5 Å². The number of piperidine rings is 1. The monoisotopic (exact) mass is 425 g/mol. The zero-order chi connectivity index (χ0) is 21.9. The third-order valence-corrected chi connectivity index (χ3v) is 6.81. The maximum Gasteiger partial charge on any atom is 0.277 e. The lowest BCUT2D eigenvalue weighted by molar-refractivity contribution is -0.140. The molecule has 0 spiro atoms. The van der Waals surface area contributed by atoms with Crippen molar-refractivity contribution in [2.24, 2.45) is 11.3 Å². The number of carbonyl (C=O) groups excluding carboxylic acids is 2. The normalized spacial score (nSPS) is 22.0. The first kappa shape index (κ1) is 20.3. The zero-order valence-electron chi connectivity index (χ0n) is 18.6. The van der Waals surface area contributed by atoms with E-state index in [1.807, 2.05) is 36.6 Å². The number of aromatic nitrogens is 3. The fourth-order valence-corrected chi connectivity index (χ4v) is 4.88. The number of carbonyl (C=O) groups is 2. The van der Waals surface area contributed by atoms with Crippen LogP contribution in [0.25, 0.3) is 5.65 Å². The molecule has 4 heterocycles. The average molecular weight is 426 g/mol. The lowest BCUT2D eigenvalue weighted by Crippen LogP contribution is -2.44. The van der Waals surface area contributed by atoms with Crippen molar-refractivity contribution in [3.05, 3.63) is 33.4 Å². The van der Waals surface area contributed by atoms with Crippen LogP contribution in [0.4, 0.5) is 0 Å². The van der Waals surface area contributed by atoms with Crippen molar-refractivity contribution in [3.63, 3.8) is 0 Å².